The number of ether oxygens (including phenoxy) is 1. The van der Waals surface area contributed by atoms with Crippen LogP contribution < -0.4 is 10.5 Å². The summed E-state index contributed by atoms with van der Waals surface area (Å²) >= 11 is 12.4. The second-order valence-corrected chi connectivity index (χ2v) is 4.64. The van der Waals surface area contributed by atoms with Crippen molar-refractivity contribution in [3.63, 3.8) is 0 Å². The van der Waals surface area contributed by atoms with Gasteiger partial charge in [-0.3, -0.25) is 0 Å². The molecule has 2 nitrogen and oxygen atoms in total. The lowest BCUT2D eigenvalue weighted by atomic mass is 10.0. The SMILES string of the molecule is CCOc1cc(Cl)c(-c2cccc(N)c2)cc1Cl. The zero-order valence-electron chi connectivity index (χ0n) is 9.91. The van der Waals surface area contributed by atoms with Gasteiger partial charge in [-0.15, -0.1) is 0 Å². The number of hydrogen-bond acceptors (Lipinski definition) is 2. The van der Waals surface area contributed by atoms with E-state index in [0.717, 1.165) is 11.1 Å². The highest BCUT2D eigenvalue weighted by Gasteiger charge is 2.10. The van der Waals surface area contributed by atoms with Gasteiger partial charge in [-0.1, -0.05) is 35.3 Å². The molecule has 0 unspecified atom stereocenters. The van der Waals surface area contributed by atoms with Crippen molar-refractivity contribution in [3.8, 4) is 16.9 Å². The van der Waals surface area contributed by atoms with Crippen LogP contribution in [0.1, 0.15) is 6.92 Å². The molecule has 0 radical (unpaired) electrons. The van der Waals surface area contributed by atoms with Gasteiger partial charge >= 0.3 is 0 Å². The first kappa shape index (κ1) is 13.1. The van der Waals surface area contributed by atoms with Crippen molar-refractivity contribution >= 4 is 28.9 Å². The Labute approximate surface area is 116 Å². The van der Waals surface area contributed by atoms with E-state index < -0.39 is 0 Å². The van der Waals surface area contributed by atoms with E-state index in [4.69, 9.17) is 33.7 Å². The van der Waals surface area contributed by atoms with Crippen molar-refractivity contribution in [1.29, 1.82) is 0 Å². The maximum atomic E-state index is 6.24. The largest absolute Gasteiger partial charge is 0.492 e. The molecule has 2 rings (SSSR count). The molecule has 0 saturated carbocycles. The van der Waals surface area contributed by atoms with Crippen LogP contribution in [0.3, 0.4) is 0 Å². The Morgan fingerprint density at radius 1 is 1.11 bits per heavy atom. The van der Waals surface area contributed by atoms with Crippen LogP contribution in [0.25, 0.3) is 11.1 Å². The predicted molar refractivity (Wildman–Crippen MR) is 77.5 cm³/mol. The number of benzene rings is 2. The molecule has 0 aromatic heterocycles. The second kappa shape index (κ2) is 5.51. The topological polar surface area (TPSA) is 35.2 Å². The summed E-state index contributed by atoms with van der Waals surface area (Å²) in [5.74, 6) is 0.594. The van der Waals surface area contributed by atoms with E-state index in [1.54, 1.807) is 12.1 Å². The standard InChI is InChI=1S/C14H13Cl2NO/c1-2-18-14-8-12(15)11(7-13(14)16)9-4-3-5-10(17)6-9/h3-8H,2,17H2,1H3. The molecule has 0 amide bonds. The molecule has 2 aromatic carbocycles. The van der Waals surface area contributed by atoms with Crippen LogP contribution in [-0.2, 0) is 0 Å². The minimum atomic E-state index is 0.540. The minimum absolute atomic E-state index is 0.540. The highest BCUT2D eigenvalue weighted by atomic mass is 35.5. The third kappa shape index (κ3) is 2.71. The number of halogens is 2. The molecule has 0 spiro atoms. The van der Waals surface area contributed by atoms with Gasteiger partial charge < -0.3 is 10.5 Å². The first-order valence-corrected chi connectivity index (χ1v) is 6.35. The normalized spacial score (nSPS) is 10.4. The lowest BCUT2D eigenvalue weighted by Gasteiger charge is -2.10. The van der Waals surface area contributed by atoms with Crippen LogP contribution in [0.2, 0.25) is 10.0 Å². The van der Waals surface area contributed by atoms with Gasteiger partial charge in [-0.25, -0.2) is 0 Å². The fourth-order valence-corrected chi connectivity index (χ4v) is 2.20. The van der Waals surface area contributed by atoms with Crippen LogP contribution >= 0.6 is 23.2 Å². The molecule has 94 valence electrons. The van der Waals surface area contributed by atoms with Crippen molar-refractivity contribution in [3.05, 3.63) is 46.4 Å². The number of nitrogen functional groups attached to an aromatic ring is 1. The molecule has 0 aliphatic rings. The first-order valence-electron chi connectivity index (χ1n) is 5.59. The van der Waals surface area contributed by atoms with Crippen LogP contribution in [0.15, 0.2) is 36.4 Å². The van der Waals surface area contributed by atoms with E-state index in [2.05, 4.69) is 0 Å². The van der Waals surface area contributed by atoms with E-state index >= 15 is 0 Å². The van der Waals surface area contributed by atoms with Crippen LogP contribution in [0, 0.1) is 0 Å². The summed E-state index contributed by atoms with van der Waals surface area (Å²) in [5.41, 5.74) is 8.23. The molecule has 0 aliphatic carbocycles. The van der Waals surface area contributed by atoms with E-state index in [9.17, 15) is 0 Å². The van der Waals surface area contributed by atoms with E-state index in [0.29, 0.717) is 28.1 Å². The van der Waals surface area contributed by atoms with E-state index in [1.807, 2.05) is 31.2 Å². The van der Waals surface area contributed by atoms with Gasteiger partial charge in [-0.2, -0.15) is 0 Å². The van der Waals surface area contributed by atoms with Crippen LogP contribution in [-0.4, -0.2) is 6.61 Å². The fraction of sp³-hybridized carbons (Fsp3) is 0.143. The van der Waals surface area contributed by atoms with E-state index in [1.165, 1.54) is 0 Å². The Bertz CT molecular complexity index is 570. The maximum absolute atomic E-state index is 6.24. The monoisotopic (exact) mass is 281 g/mol. The zero-order valence-corrected chi connectivity index (χ0v) is 11.4. The first-order chi connectivity index (χ1) is 8.61. The summed E-state index contributed by atoms with van der Waals surface area (Å²) in [7, 11) is 0. The van der Waals surface area contributed by atoms with Crippen molar-refractivity contribution in [2.45, 2.75) is 6.92 Å². The molecule has 4 heteroatoms. The zero-order chi connectivity index (χ0) is 13.1. The van der Waals surface area contributed by atoms with Crippen LogP contribution in [0.4, 0.5) is 5.69 Å². The average Bonchev–Trinajstić information content (AvgIpc) is 2.33. The summed E-state index contributed by atoms with van der Waals surface area (Å²) in [6.45, 7) is 2.45. The molecule has 0 heterocycles. The lowest BCUT2D eigenvalue weighted by molar-refractivity contribution is 0.340. The van der Waals surface area contributed by atoms with Gasteiger partial charge in [0.15, 0.2) is 0 Å². The molecule has 2 N–H and O–H groups in total. The fourth-order valence-electron chi connectivity index (χ4n) is 1.72. The Kier molecular flexibility index (Phi) is 4.00. The predicted octanol–water partition coefficient (Wildman–Crippen LogP) is 4.64. The van der Waals surface area contributed by atoms with Gasteiger partial charge in [0.1, 0.15) is 5.75 Å². The summed E-state index contributed by atoms with van der Waals surface area (Å²) in [6, 6.07) is 11.0. The number of hydrogen-bond donors (Lipinski definition) is 1. The third-order valence-corrected chi connectivity index (χ3v) is 3.13. The van der Waals surface area contributed by atoms with Gasteiger partial charge in [-0.05, 0) is 30.7 Å². The molecule has 2 aromatic rings. The maximum Gasteiger partial charge on any atom is 0.139 e. The minimum Gasteiger partial charge on any atom is -0.492 e. The van der Waals surface area contributed by atoms with Crippen molar-refractivity contribution in [1.82, 2.24) is 0 Å². The molecule has 0 atom stereocenters. The molecular formula is C14H13Cl2NO. The molecule has 0 aliphatic heterocycles. The number of anilines is 1. The smallest absolute Gasteiger partial charge is 0.139 e. The van der Waals surface area contributed by atoms with Crippen LogP contribution in [0.5, 0.6) is 5.75 Å². The number of rotatable bonds is 3. The quantitative estimate of drug-likeness (QED) is 0.832. The molecule has 18 heavy (non-hydrogen) atoms. The van der Waals surface area contributed by atoms with Crippen molar-refractivity contribution in [2.75, 3.05) is 12.3 Å². The Morgan fingerprint density at radius 2 is 1.89 bits per heavy atom. The average molecular weight is 282 g/mol. The molecular weight excluding hydrogens is 269 g/mol. The summed E-state index contributed by atoms with van der Waals surface area (Å²) in [6.07, 6.45) is 0. The molecule has 0 saturated heterocycles. The third-order valence-electron chi connectivity index (χ3n) is 2.52. The second-order valence-electron chi connectivity index (χ2n) is 3.82. The van der Waals surface area contributed by atoms with Crippen molar-refractivity contribution in [2.24, 2.45) is 0 Å². The van der Waals surface area contributed by atoms with Gasteiger partial charge in [0.05, 0.1) is 16.7 Å². The molecule has 0 bridgehead atoms. The van der Waals surface area contributed by atoms with Gasteiger partial charge in [0.25, 0.3) is 0 Å². The molecule has 0 fully saturated rings. The summed E-state index contributed by atoms with van der Waals surface area (Å²) < 4.78 is 5.39. The summed E-state index contributed by atoms with van der Waals surface area (Å²) in [5, 5.41) is 1.13. The Hall–Kier alpha value is -1.38. The lowest BCUT2D eigenvalue weighted by Crippen LogP contribution is -1.93. The Balaban J connectivity index is 2.49. The highest BCUT2D eigenvalue weighted by Crippen LogP contribution is 2.37. The Morgan fingerprint density at radius 3 is 2.56 bits per heavy atom. The van der Waals surface area contributed by atoms with Gasteiger partial charge in [0, 0.05) is 17.3 Å². The highest BCUT2D eigenvalue weighted by molar-refractivity contribution is 6.36. The van der Waals surface area contributed by atoms with E-state index in [-0.39, 0.29) is 0 Å². The van der Waals surface area contributed by atoms with Crippen molar-refractivity contribution < 1.29 is 4.74 Å². The van der Waals surface area contributed by atoms with Gasteiger partial charge in [0.2, 0.25) is 0 Å². The summed E-state index contributed by atoms with van der Waals surface area (Å²) in [4.78, 5) is 0. The number of nitrogens with two attached hydrogens (primary N) is 1.